The maximum Gasteiger partial charge on any atom is 0.348 e. The number of ether oxygens (including phenoxy) is 4. The highest BCUT2D eigenvalue weighted by Gasteiger charge is 2.27. The molecule has 0 aliphatic carbocycles. The highest BCUT2D eigenvalue weighted by Crippen LogP contribution is 2.34. The number of methoxy groups -OCH3 is 1. The maximum absolute atomic E-state index is 12.4. The molecule has 0 aliphatic rings. The van der Waals surface area contributed by atoms with E-state index in [1.807, 2.05) is 12.1 Å². The molecule has 0 unspecified atom stereocenters. The lowest BCUT2D eigenvalue weighted by molar-refractivity contribution is -0.116. The Bertz CT molecular complexity index is 923. The number of esters is 2. The van der Waals surface area contributed by atoms with Gasteiger partial charge in [-0.1, -0.05) is 12.1 Å². The largest absolute Gasteiger partial charge is 0.493 e. The molecule has 8 nitrogen and oxygen atoms in total. The number of nitrogens with one attached hydrogen (secondary N) is 1. The van der Waals surface area contributed by atoms with Crippen LogP contribution in [0.1, 0.15) is 52.3 Å². The number of carbonyl (C=O) groups excluding carboxylic acids is 3. The summed E-state index contributed by atoms with van der Waals surface area (Å²) in [4.78, 5) is 37.3. The molecule has 1 N–H and O–H groups in total. The monoisotopic (exact) mass is 449 g/mol. The van der Waals surface area contributed by atoms with Crippen molar-refractivity contribution in [2.24, 2.45) is 0 Å². The first-order valence-corrected chi connectivity index (χ1v) is 10.8. The summed E-state index contributed by atoms with van der Waals surface area (Å²) in [7, 11) is 1.56. The lowest BCUT2D eigenvalue weighted by Crippen LogP contribution is -2.15. The van der Waals surface area contributed by atoms with Crippen LogP contribution < -0.4 is 14.8 Å². The molecule has 0 saturated carbocycles. The van der Waals surface area contributed by atoms with Crippen molar-refractivity contribution in [3.8, 4) is 11.5 Å². The predicted molar refractivity (Wildman–Crippen MR) is 117 cm³/mol. The van der Waals surface area contributed by atoms with Crippen LogP contribution in [0.2, 0.25) is 0 Å². The molecule has 0 radical (unpaired) electrons. The number of thiophene rings is 1. The van der Waals surface area contributed by atoms with Crippen molar-refractivity contribution in [2.75, 3.05) is 32.2 Å². The lowest BCUT2D eigenvalue weighted by Gasteiger charge is -2.10. The Morgan fingerprint density at radius 1 is 1.00 bits per heavy atom. The number of anilines is 1. The number of hydrogen-bond donors (Lipinski definition) is 1. The summed E-state index contributed by atoms with van der Waals surface area (Å²) in [5.74, 6) is -0.219. The van der Waals surface area contributed by atoms with E-state index < -0.39 is 11.9 Å². The van der Waals surface area contributed by atoms with Crippen LogP contribution in [0, 0.1) is 6.92 Å². The van der Waals surface area contributed by atoms with E-state index in [-0.39, 0.29) is 41.0 Å². The first kappa shape index (κ1) is 24.2. The smallest absolute Gasteiger partial charge is 0.348 e. The van der Waals surface area contributed by atoms with Gasteiger partial charge >= 0.3 is 11.9 Å². The second-order valence-corrected chi connectivity index (χ2v) is 7.37. The van der Waals surface area contributed by atoms with Crippen LogP contribution in [-0.2, 0) is 14.3 Å². The van der Waals surface area contributed by atoms with Crippen molar-refractivity contribution in [1.29, 1.82) is 0 Å². The quantitative estimate of drug-likeness (QED) is 0.405. The van der Waals surface area contributed by atoms with E-state index in [1.54, 1.807) is 40.0 Å². The number of benzene rings is 1. The summed E-state index contributed by atoms with van der Waals surface area (Å²) in [5, 5.41) is 2.99. The van der Waals surface area contributed by atoms with Gasteiger partial charge in [-0.25, -0.2) is 9.59 Å². The molecular formula is C22H27NO7S. The van der Waals surface area contributed by atoms with E-state index in [0.29, 0.717) is 30.1 Å². The van der Waals surface area contributed by atoms with Crippen molar-refractivity contribution in [3.63, 3.8) is 0 Å². The van der Waals surface area contributed by atoms with Gasteiger partial charge in [0.05, 0.1) is 32.5 Å². The summed E-state index contributed by atoms with van der Waals surface area (Å²) in [6.07, 6.45) is 0.622. The van der Waals surface area contributed by atoms with Crippen molar-refractivity contribution in [3.05, 3.63) is 40.3 Å². The van der Waals surface area contributed by atoms with Gasteiger partial charge in [0.15, 0.2) is 11.5 Å². The molecule has 1 aromatic carbocycles. The molecular weight excluding hydrogens is 422 g/mol. The topological polar surface area (TPSA) is 100 Å². The third-order valence-electron chi connectivity index (χ3n) is 4.21. The average molecular weight is 450 g/mol. The van der Waals surface area contributed by atoms with E-state index >= 15 is 0 Å². The number of hydrogen-bond acceptors (Lipinski definition) is 8. The molecule has 0 fully saturated rings. The van der Waals surface area contributed by atoms with Gasteiger partial charge in [-0.3, -0.25) is 4.79 Å². The van der Waals surface area contributed by atoms with Gasteiger partial charge in [0.2, 0.25) is 5.91 Å². The minimum absolute atomic E-state index is 0.170. The molecule has 0 spiro atoms. The Balaban J connectivity index is 2.03. The summed E-state index contributed by atoms with van der Waals surface area (Å²) >= 11 is 1.00. The molecule has 0 atom stereocenters. The predicted octanol–water partition coefficient (Wildman–Crippen LogP) is 4.22. The summed E-state index contributed by atoms with van der Waals surface area (Å²) in [6.45, 7) is 5.71. The zero-order valence-corrected chi connectivity index (χ0v) is 18.9. The molecule has 0 saturated heterocycles. The van der Waals surface area contributed by atoms with Crippen LogP contribution in [0.5, 0.6) is 11.5 Å². The number of para-hydroxylation sites is 2. The highest BCUT2D eigenvalue weighted by molar-refractivity contribution is 7.18. The molecule has 9 heteroatoms. The third-order valence-corrected chi connectivity index (χ3v) is 5.40. The average Bonchev–Trinajstić information content (AvgIpc) is 3.07. The number of rotatable bonds is 11. The van der Waals surface area contributed by atoms with Crippen LogP contribution in [0.25, 0.3) is 0 Å². The maximum atomic E-state index is 12.4. The zero-order valence-electron chi connectivity index (χ0n) is 18.1. The van der Waals surface area contributed by atoms with Gasteiger partial charge in [0.25, 0.3) is 0 Å². The SMILES string of the molecule is CCOC(=O)c1sc(NC(=O)CCCOc2ccccc2OC)c(C(=O)OCC)c1C. The molecule has 0 bridgehead atoms. The summed E-state index contributed by atoms with van der Waals surface area (Å²) in [6, 6.07) is 7.25. The number of amides is 1. The van der Waals surface area contributed by atoms with Crippen LogP contribution in [0.15, 0.2) is 24.3 Å². The molecule has 31 heavy (non-hydrogen) atoms. The van der Waals surface area contributed by atoms with Gasteiger partial charge < -0.3 is 24.3 Å². The molecule has 0 aliphatic heterocycles. The first-order chi connectivity index (χ1) is 14.9. The van der Waals surface area contributed by atoms with Crippen molar-refractivity contribution in [1.82, 2.24) is 0 Å². The second-order valence-electron chi connectivity index (χ2n) is 6.35. The van der Waals surface area contributed by atoms with E-state index in [4.69, 9.17) is 18.9 Å². The zero-order chi connectivity index (χ0) is 22.8. The minimum atomic E-state index is -0.596. The highest BCUT2D eigenvalue weighted by atomic mass is 32.1. The van der Waals surface area contributed by atoms with Crippen LogP contribution in [-0.4, -0.2) is 44.8 Å². The van der Waals surface area contributed by atoms with Crippen LogP contribution in [0.4, 0.5) is 5.00 Å². The molecule has 1 heterocycles. The van der Waals surface area contributed by atoms with E-state index in [9.17, 15) is 14.4 Å². The Labute approximate surface area is 185 Å². The normalized spacial score (nSPS) is 10.3. The molecule has 2 rings (SSSR count). The third kappa shape index (κ3) is 6.45. The van der Waals surface area contributed by atoms with E-state index in [1.165, 1.54) is 0 Å². The fourth-order valence-electron chi connectivity index (χ4n) is 2.78. The van der Waals surface area contributed by atoms with Gasteiger partial charge in [-0.05, 0) is 44.9 Å². The van der Waals surface area contributed by atoms with Gasteiger partial charge in [-0.2, -0.15) is 0 Å². The number of carbonyl (C=O) groups is 3. The van der Waals surface area contributed by atoms with Gasteiger partial charge in [0.1, 0.15) is 9.88 Å². The minimum Gasteiger partial charge on any atom is -0.493 e. The van der Waals surface area contributed by atoms with Crippen LogP contribution in [0.3, 0.4) is 0 Å². The second kappa shape index (κ2) is 11.9. The van der Waals surface area contributed by atoms with Crippen LogP contribution >= 0.6 is 11.3 Å². The van der Waals surface area contributed by atoms with Gasteiger partial charge in [-0.15, -0.1) is 11.3 Å². The molecule has 1 aromatic heterocycles. The molecule has 1 amide bonds. The Hall–Kier alpha value is -3.07. The Morgan fingerprint density at radius 2 is 1.65 bits per heavy atom. The van der Waals surface area contributed by atoms with E-state index in [0.717, 1.165) is 11.3 Å². The fraction of sp³-hybridized carbons (Fsp3) is 0.409. The summed E-state index contributed by atoms with van der Waals surface area (Å²) in [5.41, 5.74) is 0.602. The molecule has 2 aromatic rings. The first-order valence-electron chi connectivity index (χ1n) is 9.96. The Morgan fingerprint density at radius 3 is 2.29 bits per heavy atom. The van der Waals surface area contributed by atoms with Gasteiger partial charge in [0, 0.05) is 6.42 Å². The van der Waals surface area contributed by atoms with Crippen molar-refractivity contribution >= 4 is 34.2 Å². The lowest BCUT2D eigenvalue weighted by atomic mass is 10.1. The van der Waals surface area contributed by atoms with Crippen molar-refractivity contribution in [2.45, 2.75) is 33.6 Å². The van der Waals surface area contributed by atoms with E-state index in [2.05, 4.69) is 5.32 Å². The summed E-state index contributed by atoms with van der Waals surface area (Å²) < 4.78 is 21.0. The standard InChI is InChI=1S/C22H27NO7S/c1-5-28-21(25)18-14(3)19(22(26)29-6-2)31-20(18)23-17(24)12-9-13-30-16-11-8-7-10-15(16)27-4/h7-8,10-11H,5-6,9,12-13H2,1-4H3,(H,23,24). The molecule has 168 valence electrons. The van der Waals surface area contributed by atoms with Crippen molar-refractivity contribution < 1.29 is 33.3 Å². The fourth-order valence-corrected chi connectivity index (χ4v) is 3.89. The Kier molecular flexibility index (Phi) is 9.33.